The number of rotatable bonds is 66. The quantitative estimate of drug-likeness (QED) is 0.0320. The number of hydrogen-bond donors (Lipinski definition) is 3. The van der Waals surface area contributed by atoms with Gasteiger partial charge in [-0.25, -0.2) is 0 Å². The molecular weight excluding hydrogens is 947 g/mol. The van der Waals surface area contributed by atoms with Gasteiger partial charge in [0.25, 0.3) is 0 Å². The van der Waals surface area contributed by atoms with Crippen molar-refractivity contribution in [1.29, 1.82) is 0 Å². The highest BCUT2D eigenvalue weighted by atomic mass is 16.5. The second-order valence-electron chi connectivity index (χ2n) is 24.2. The second-order valence-corrected chi connectivity index (χ2v) is 24.2. The maximum absolute atomic E-state index is 12.5. The van der Waals surface area contributed by atoms with Gasteiger partial charge in [0.15, 0.2) is 0 Å². The monoisotopic (exact) mass is 1080 g/mol. The summed E-state index contributed by atoms with van der Waals surface area (Å²) in [5.41, 5.74) is 0. The average molecular weight is 1080 g/mol. The number of carbonyl (C=O) groups is 2. The number of nitrogens with one attached hydrogen (secondary N) is 1. The van der Waals surface area contributed by atoms with E-state index >= 15 is 0 Å². The predicted molar refractivity (Wildman–Crippen MR) is 338 cm³/mol. The standard InChI is InChI=1S/C71H137NO5/c1-3-5-7-9-11-13-15-16-17-18-19-20-21-25-28-31-34-37-40-44-47-51-55-59-63-69(74)68(67-73)72-70(75)64-60-56-52-48-45-41-38-35-32-29-26-23-22-24-27-30-33-36-39-42-46-50-54-58-62-66-77-71(76)65-61-57-53-49-43-14-12-10-8-6-4-2/h10,12,59,63,68-69,73-74H,3-9,11,13-58,60-62,64-67H2,1-2H3,(H,72,75)/b12-10-,63-59+. The van der Waals surface area contributed by atoms with E-state index < -0.39 is 12.1 Å². The molecule has 0 aliphatic rings. The molecule has 0 rings (SSSR count). The topological polar surface area (TPSA) is 95.9 Å². The van der Waals surface area contributed by atoms with Crippen LogP contribution < -0.4 is 5.32 Å². The van der Waals surface area contributed by atoms with E-state index in [0.717, 1.165) is 44.9 Å². The summed E-state index contributed by atoms with van der Waals surface area (Å²) in [6.07, 6.45) is 84.0. The predicted octanol–water partition coefficient (Wildman–Crippen LogP) is 22.5. The molecule has 0 spiro atoms. The number of esters is 1. The van der Waals surface area contributed by atoms with Gasteiger partial charge in [-0.1, -0.05) is 353 Å². The molecule has 6 heteroatoms. The van der Waals surface area contributed by atoms with E-state index in [1.54, 1.807) is 6.08 Å². The van der Waals surface area contributed by atoms with Gasteiger partial charge in [0.2, 0.25) is 5.91 Å². The van der Waals surface area contributed by atoms with Crippen LogP contribution in [0.25, 0.3) is 0 Å². The maximum atomic E-state index is 12.5. The van der Waals surface area contributed by atoms with Crippen molar-refractivity contribution < 1.29 is 24.5 Å². The summed E-state index contributed by atoms with van der Waals surface area (Å²) < 4.78 is 5.47. The number of amides is 1. The van der Waals surface area contributed by atoms with Crippen molar-refractivity contribution in [3.63, 3.8) is 0 Å². The van der Waals surface area contributed by atoms with E-state index in [1.807, 2.05) is 6.08 Å². The fourth-order valence-electron chi connectivity index (χ4n) is 11.1. The molecule has 0 aliphatic heterocycles. The minimum Gasteiger partial charge on any atom is -0.466 e. The lowest BCUT2D eigenvalue weighted by molar-refractivity contribution is -0.143. The summed E-state index contributed by atoms with van der Waals surface area (Å²) in [6, 6.07) is -0.628. The number of ether oxygens (including phenoxy) is 1. The molecule has 0 aromatic heterocycles. The van der Waals surface area contributed by atoms with Crippen LogP contribution in [0, 0.1) is 0 Å². The van der Waals surface area contributed by atoms with Crippen LogP contribution in [0.3, 0.4) is 0 Å². The molecule has 0 radical (unpaired) electrons. The first kappa shape index (κ1) is 75.3. The third-order valence-corrected chi connectivity index (χ3v) is 16.5. The fraction of sp³-hybridized carbons (Fsp3) is 0.915. The average Bonchev–Trinajstić information content (AvgIpc) is 3.43. The minimum absolute atomic E-state index is 0.00551. The number of aliphatic hydroxyl groups is 2. The van der Waals surface area contributed by atoms with Crippen molar-refractivity contribution in [2.24, 2.45) is 0 Å². The zero-order chi connectivity index (χ0) is 55.7. The first-order valence-electron chi connectivity index (χ1n) is 35.1. The van der Waals surface area contributed by atoms with Crippen LogP contribution in [0.1, 0.15) is 393 Å². The van der Waals surface area contributed by atoms with Crippen LogP contribution in [0.4, 0.5) is 0 Å². The SMILES string of the molecule is CCCC/C=C\CCCCCCCC(=O)OCCCCCCCCCCCCCCCCCCCCCCCCCCCC(=O)NC(CO)C(O)/C=C/CCCCCCCCCCCCCCCCCCCCCCCC. The van der Waals surface area contributed by atoms with Gasteiger partial charge >= 0.3 is 5.97 Å². The molecule has 0 saturated heterocycles. The Morgan fingerprint density at radius 3 is 0.961 bits per heavy atom. The van der Waals surface area contributed by atoms with Crippen LogP contribution in [0.2, 0.25) is 0 Å². The highest BCUT2D eigenvalue weighted by Crippen LogP contribution is 2.19. The molecule has 3 N–H and O–H groups in total. The Labute approximate surface area is 481 Å². The number of aliphatic hydroxyl groups excluding tert-OH is 2. The van der Waals surface area contributed by atoms with Crippen LogP contribution in [-0.2, 0) is 14.3 Å². The van der Waals surface area contributed by atoms with E-state index in [0.29, 0.717) is 19.4 Å². The lowest BCUT2D eigenvalue weighted by atomic mass is 10.0. The third kappa shape index (κ3) is 63.4. The number of unbranched alkanes of at least 4 members (excludes halogenated alkanes) is 53. The molecule has 0 bridgehead atoms. The molecule has 6 nitrogen and oxygen atoms in total. The lowest BCUT2D eigenvalue weighted by Gasteiger charge is -2.20. The summed E-state index contributed by atoms with van der Waals surface area (Å²) in [6.45, 7) is 4.90. The highest BCUT2D eigenvalue weighted by molar-refractivity contribution is 5.76. The van der Waals surface area contributed by atoms with Gasteiger partial charge in [-0.2, -0.15) is 0 Å². The molecule has 456 valence electrons. The minimum atomic E-state index is -0.844. The molecule has 0 heterocycles. The zero-order valence-electron chi connectivity index (χ0n) is 52.2. The molecule has 0 aromatic carbocycles. The van der Waals surface area contributed by atoms with Gasteiger partial charge in [0.1, 0.15) is 0 Å². The van der Waals surface area contributed by atoms with Gasteiger partial charge in [0.05, 0.1) is 25.4 Å². The van der Waals surface area contributed by atoms with E-state index in [-0.39, 0.29) is 18.5 Å². The van der Waals surface area contributed by atoms with Gasteiger partial charge in [0, 0.05) is 12.8 Å². The normalized spacial score (nSPS) is 12.6. The van der Waals surface area contributed by atoms with Crippen LogP contribution >= 0.6 is 0 Å². The van der Waals surface area contributed by atoms with Gasteiger partial charge in [-0.15, -0.1) is 0 Å². The molecule has 0 saturated carbocycles. The largest absolute Gasteiger partial charge is 0.466 e. The summed E-state index contributed by atoms with van der Waals surface area (Å²) in [7, 11) is 0. The number of carbonyl (C=O) groups excluding carboxylic acids is 2. The van der Waals surface area contributed by atoms with E-state index in [1.165, 1.54) is 321 Å². The van der Waals surface area contributed by atoms with Crippen LogP contribution in [0.15, 0.2) is 24.3 Å². The van der Waals surface area contributed by atoms with Crippen molar-refractivity contribution in [3.05, 3.63) is 24.3 Å². The molecule has 1 amide bonds. The third-order valence-electron chi connectivity index (χ3n) is 16.5. The van der Waals surface area contributed by atoms with Crippen molar-refractivity contribution in [2.75, 3.05) is 13.2 Å². The first-order chi connectivity index (χ1) is 38.0. The summed E-state index contributed by atoms with van der Waals surface area (Å²) in [5, 5.41) is 23.3. The molecule has 2 unspecified atom stereocenters. The van der Waals surface area contributed by atoms with E-state index in [9.17, 15) is 19.8 Å². The maximum Gasteiger partial charge on any atom is 0.305 e. The Morgan fingerprint density at radius 2 is 0.623 bits per heavy atom. The van der Waals surface area contributed by atoms with E-state index in [4.69, 9.17) is 4.74 Å². The van der Waals surface area contributed by atoms with Crippen molar-refractivity contribution in [3.8, 4) is 0 Å². The summed E-state index contributed by atoms with van der Waals surface area (Å²) in [4.78, 5) is 24.5. The lowest BCUT2D eigenvalue weighted by Crippen LogP contribution is -2.45. The molecule has 2 atom stereocenters. The number of hydrogen-bond acceptors (Lipinski definition) is 5. The molecule has 0 aliphatic carbocycles. The molecular formula is C71H137NO5. The van der Waals surface area contributed by atoms with E-state index in [2.05, 4.69) is 31.3 Å². The zero-order valence-corrected chi connectivity index (χ0v) is 52.2. The second kappa shape index (κ2) is 66.8. The van der Waals surface area contributed by atoms with Gasteiger partial charge in [-0.05, 0) is 51.4 Å². The molecule has 0 fully saturated rings. The van der Waals surface area contributed by atoms with Gasteiger partial charge < -0.3 is 20.3 Å². The molecule has 77 heavy (non-hydrogen) atoms. The Hall–Kier alpha value is -1.66. The Bertz CT molecular complexity index is 1200. The van der Waals surface area contributed by atoms with Crippen LogP contribution in [-0.4, -0.2) is 47.4 Å². The Morgan fingerprint density at radius 1 is 0.351 bits per heavy atom. The fourth-order valence-corrected chi connectivity index (χ4v) is 11.1. The first-order valence-corrected chi connectivity index (χ1v) is 35.1. The van der Waals surface area contributed by atoms with Crippen molar-refractivity contribution >= 4 is 11.9 Å². The van der Waals surface area contributed by atoms with Crippen LogP contribution in [0.5, 0.6) is 0 Å². The Kier molecular flexibility index (Phi) is 65.4. The van der Waals surface area contributed by atoms with Crippen molar-refractivity contribution in [2.45, 2.75) is 405 Å². The number of allylic oxidation sites excluding steroid dienone is 3. The Balaban J connectivity index is 3.40. The summed E-state index contributed by atoms with van der Waals surface area (Å²) in [5.74, 6) is -0.0563. The molecule has 0 aromatic rings. The van der Waals surface area contributed by atoms with Gasteiger partial charge in [-0.3, -0.25) is 9.59 Å². The smallest absolute Gasteiger partial charge is 0.305 e. The van der Waals surface area contributed by atoms with Crippen molar-refractivity contribution in [1.82, 2.24) is 5.32 Å². The summed E-state index contributed by atoms with van der Waals surface area (Å²) >= 11 is 0. The highest BCUT2D eigenvalue weighted by Gasteiger charge is 2.18.